The highest BCUT2D eigenvalue weighted by molar-refractivity contribution is 6.07. The lowest BCUT2D eigenvalue weighted by Crippen LogP contribution is -2.20. The molecular formula is C24H25N3O4. The summed E-state index contributed by atoms with van der Waals surface area (Å²) in [6.07, 6.45) is 4.91. The van der Waals surface area contributed by atoms with Crippen molar-refractivity contribution in [2.24, 2.45) is 7.05 Å². The number of carbonyl (C=O) groups excluding carboxylic acids is 2. The Morgan fingerprint density at radius 2 is 1.87 bits per heavy atom. The molecule has 0 saturated carbocycles. The molecule has 160 valence electrons. The van der Waals surface area contributed by atoms with Gasteiger partial charge in [-0.3, -0.25) is 14.3 Å². The number of ether oxygens (including phenoxy) is 2. The SMILES string of the molecule is CCOc1cc(/C=C/C(=O)c2cn(C)nc2C)ccc1OCC(=O)Nc1ccccc1. The summed E-state index contributed by atoms with van der Waals surface area (Å²) in [5, 5.41) is 6.96. The number of nitrogens with one attached hydrogen (secondary N) is 1. The van der Waals surface area contributed by atoms with Gasteiger partial charge in [-0.15, -0.1) is 0 Å². The Morgan fingerprint density at radius 3 is 2.55 bits per heavy atom. The van der Waals surface area contributed by atoms with Crippen LogP contribution in [0.25, 0.3) is 6.08 Å². The number of allylic oxidation sites excluding steroid dienone is 1. The first-order chi connectivity index (χ1) is 15.0. The highest BCUT2D eigenvalue weighted by atomic mass is 16.5. The van der Waals surface area contributed by atoms with Gasteiger partial charge in [0.15, 0.2) is 23.9 Å². The van der Waals surface area contributed by atoms with Gasteiger partial charge in [0.05, 0.1) is 17.9 Å². The second-order valence-electron chi connectivity index (χ2n) is 6.84. The number of benzene rings is 2. The quantitative estimate of drug-likeness (QED) is 0.418. The van der Waals surface area contributed by atoms with Crippen molar-refractivity contribution < 1.29 is 19.1 Å². The van der Waals surface area contributed by atoms with E-state index in [4.69, 9.17) is 9.47 Å². The lowest BCUT2D eigenvalue weighted by molar-refractivity contribution is -0.118. The second-order valence-corrected chi connectivity index (χ2v) is 6.84. The van der Waals surface area contributed by atoms with Gasteiger partial charge >= 0.3 is 0 Å². The van der Waals surface area contributed by atoms with Crippen LogP contribution in [0.3, 0.4) is 0 Å². The highest BCUT2D eigenvalue weighted by Gasteiger charge is 2.11. The summed E-state index contributed by atoms with van der Waals surface area (Å²) in [6.45, 7) is 3.95. The zero-order chi connectivity index (χ0) is 22.2. The van der Waals surface area contributed by atoms with Crippen molar-refractivity contribution in [1.29, 1.82) is 0 Å². The van der Waals surface area contributed by atoms with Gasteiger partial charge in [-0.05, 0) is 49.8 Å². The smallest absolute Gasteiger partial charge is 0.262 e. The number of nitrogens with zero attached hydrogens (tertiary/aromatic N) is 2. The molecule has 0 aliphatic rings. The molecular weight excluding hydrogens is 394 g/mol. The number of rotatable bonds is 9. The first kappa shape index (κ1) is 21.8. The van der Waals surface area contributed by atoms with Crippen LogP contribution in [0.4, 0.5) is 5.69 Å². The Morgan fingerprint density at radius 1 is 1.10 bits per heavy atom. The number of anilines is 1. The van der Waals surface area contributed by atoms with E-state index in [0.717, 1.165) is 5.56 Å². The lowest BCUT2D eigenvalue weighted by Gasteiger charge is -2.12. The minimum Gasteiger partial charge on any atom is -0.490 e. The minimum atomic E-state index is -0.268. The second kappa shape index (κ2) is 10.2. The van der Waals surface area contributed by atoms with E-state index >= 15 is 0 Å². The highest BCUT2D eigenvalue weighted by Crippen LogP contribution is 2.29. The fourth-order valence-corrected chi connectivity index (χ4v) is 2.98. The Hall–Kier alpha value is -3.87. The molecule has 0 aliphatic heterocycles. The summed E-state index contributed by atoms with van der Waals surface area (Å²) in [4.78, 5) is 24.5. The molecule has 1 N–H and O–H groups in total. The largest absolute Gasteiger partial charge is 0.490 e. The maximum Gasteiger partial charge on any atom is 0.262 e. The molecule has 7 heteroatoms. The Balaban J connectivity index is 1.66. The van der Waals surface area contributed by atoms with Crippen LogP contribution in [-0.2, 0) is 11.8 Å². The van der Waals surface area contributed by atoms with Crippen LogP contribution in [0.1, 0.15) is 28.5 Å². The van der Waals surface area contributed by atoms with Gasteiger partial charge in [0.2, 0.25) is 0 Å². The van der Waals surface area contributed by atoms with Crippen LogP contribution in [-0.4, -0.2) is 34.7 Å². The summed E-state index contributed by atoms with van der Waals surface area (Å²) < 4.78 is 12.9. The summed E-state index contributed by atoms with van der Waals surface area (Å²) in [5.41, 5.74) is 2.73. The third-order valence-corrected chi connectivity index (χ3v) is 4.39. The molecule has 31 heavy (non-hydrogen) atoms. The Labute approximate surface area is 181 Å². The van der Waals surface area contributed by atoms with E-state index in [2.05, 4.69) is 10.4 Å². The summed E-state index contributed by atoms with van der Waals surface area (Å²) in [6, 6.07) is 14.5. The summed E-state index contributed by atoms with van der Waals surface area (Å²) in [7, 11) is 1.78. The molecule has 2 aromatic carbocycles. The zero-order valence-corrected chi connectivity index (χ0v) is 17.8. The third kappa shape index (κ3) is 6.05. The predicted molar refractivity (Wildman–Crippen MR) is 119 cm³/mol. The molecule has 0 saturated heterocycles. The van der Waals surface area contributed by atoms with Crippen molar-refractivity contribution in [2.75, 3.05) is 18.5 Å². The molecule has 0 aliphatic carbocycles. The number of aryl methyl sites for hydroxylation is 2. The van der Waals surface area contributed by atoms with Gasteiger partial charge in [0.1, 0.15) is 0 Å². The maximum atomic E-state index is 12.4. The van der Waals surface area contributed by atoms with Crippen LogP contribution < -0.4 is 14.8 Å². The van der Waals surface area contributed by atoms with E-state index in [1.165, 1.54) is 6.08 Å². The summed E-state index contributed by atoms with van der Waals surface area (Å²) >= 11 is 0. The standard InChI is InChI=1S/C24H25N3O4/c1-4-30-23-14-18(10-12-21(28)20-15-27(3)26-17(20)2)11-13-22(23)31-16-24(29)25-19-8-6-5-7-9-19/h5-15H,4,16H2,1-3H3,(H,25,29)/b12-10+. The van der Waals surface area contributed by atoms with Gasteiger partial charge < -0.3 is 14.8 Å². The molecule has 1 aromatic heterocycles. The van der Waals surface area contributed by atoms with Gasteiger partial charge in [-0.2, -0.15) is 5.10 Å². The molecule has 3 aromatic rings. The number of aromatic nitrogens is 2. The topological polar surface area (TPSA) is 82.5 Å². The number of hydrogen-bond donors (Lipinski definition) is 1. The van der Waals surface area contributed by atoms with E-state index in [9.17, 15) is 9.59 Å². The molecule has 1 heterocycles. The van der Waals surface area contributed by atoms with Crippen LogP contribution in [0.15, 0.2) is 60.8 Å². The van der Waals surface area contributed by atoms with Crippen LogP contribution in [0, 0.1) is 6.92 Å². The van der Waals surface area contributed by atoms with Gasteiger partial charge in [0, 0.05) is 18.9 Å². The average Bonchev–Trinajstić information content (AvgIpc) is 3.10. The molecule has 7 nitrogen and oxygen atoms in total. The van der Waals surface area contributed by atoms with E-state index < -0.39 is 0 Å². The lowest BCUT2D eigenvalue weighted by atomic mass is 10.1. The van der Waals surface area contributed by atoms with Gasteiger partial charge in [0.25, 0.3) is 5.91 Å². The normalized spacial score (nSPS) is 10.8. The fraction of sp³-hybridized carbons (Fsp3) is 0.208. The molecule has 1 amide bonds. The first-order valence-corrected chi connectivity index (χ1v) is 9.93. The number of carbonyl (C=O) groups is 2. The number of amides is 1. The van der Waals surface area contributed by atoms with Crippen molar-refractivity contribution in [3.8, 4) is 11.5 Å². The van der Waals surface area contributed by atoms with Gasteiger partial charge in [-0.25, -0.2) is 0 Å². The number of hydrogen-bond acceptors (Lipinski definition) is 5. The zero-order valence-electron chi connectivity index (χ0n) is 17.8. The van der Waals surface area contributed by atoms with Crippen LogP contribution in [0.2, 0.25) is 0 Å². The van der Waals surface area contributed by atoms with E-state index in [-0.39, 0.29) is 18.3 Å². The third-order valence-electron chi connectivity index (χ3n) is 4.39. The minimum absolute atomic E-state index is 0.124. The Kier molecular flexibility index (Phi) is 7.22. The molecule has 0 fully saturated rings. The fourth-order valence-electron chi connectivity index (χ4n) is 2.98. The van der Waals surface area contributed by atoms with Gasteiger partial charge in [-0.1, -0.05) is 30.3 Å². The molecule has 0 unspecified atom stereocenters. The number of para-hydroxylation sites is 1. The first-order valence-electron chi connectivity index (χ1n) is 9.93. The van der Waals surface area contributed by atoms with Crippen LogP contribution in [0.5, 0.6) is 11.5 Å². The average molecular weight is 419 g/mol. The predicted octanol–water partition coefficient (Wildman–Crippen LogP) is 4.04. The van der Waals surface area contributed by atoms with Crippen molar-refractivity contribution in [3.05, 3.63) is 77.6 Å². The molecule has 3 rings (SSSR count). The van der Waals surface area contributed by atoms with E-state index in [1.54, 1.807) is 61.3 Å². The number of ketones is 1. The van der Waals surface area contributed by atoms with E-state index in [0.29, 0.717) is 35.1 Å². The Bertz CT molecular complexity index is 1090. The molecule has 0 radical (unpaired) electrons. The van der Waals surface area contributed by atoms with Crippen molar-refractivity contribution in [2.45, 2.75) is 13.8 Å². The molecule has 0 atom stereocenters. The maximum absolute atomic E-state index is 12.4. The van der Waals surface area contributed by atoms with Crippen molar-refractivity contribution >= 4 is 23.5 Å². The molecule has 0 spiro atoms. The monoisotopic (exact) mass is 419 g/mol. The summed E-state index contributed by atoms with van der Waals surface area (Å²) in [5.74, 6) is 0.565. The molecule has 0 bridgehead atoms. The van der Waals surface area contributed by atoms with Crippen molar-refractivity contribution in [3.63, 3.8) is 0 Å². The van der Waals surface area contributed by atoms with E-state index in [1.807, 2.05) is 25.1 Å². The van der Waals surface area contributed by atoms with Crippen LogP contribution >= 0.6 is 0 Å². The van der Waals surface area contributed by atoms with Crippen molar-refractivity contribution in [1.82, 2.24) is 9.78 Å².